The monoisotopic (exact) mass is 524 g/mol. The Morgan fingerprint density at radius 2 is 1.77 bits per heavy atom. The van der Waals surface area contributed by atoms with E-state index in [9.17, 15) is 4.79 Å². The van der Waals surface area contributed by atoms with Crippen molar-refractivity contribution < 1.29 is 14.3 Å². The van der Waals surface area contributed by atoms with Crippen molar-refractivity contribution in [2.24, 2.45) is 4.99 Å². The topological polar surface area (TPSA) is 75.2 Å². The standard InChI is InChI=1S/C22H28N4O3.HI/c1-23-22(25-18-10-11-19(28-2)20(13-18)29-3)24-14-16-6-8-17(9-7-16)15-26-12-4-5-21(26)27;/h6-11,13H,4-5,12,14-15H2,1-3H3,(H2,23,24,25);1H. The second-order valence-corrected chi connectivity index (χ2v) is 6.86. The summed E-state index contributed by atoms with van der Waals surface area (Å²) in [6.45, 7) is 2.19. The maximum Gasteiger partial charge on any atom is 0.222 e. The Bertz CT molecular complexity index is 871. The zero-order valence-corrected chi connectivity index (χ0v) is 19.9. The molecule has 7 nitrogen and oxygen atoms in total. The second kappa shape index (κ2) is 11.6. The van der Waals surface area contributed by atoms with Crippen LogP contribution in [-0.4, -0.2) is 44.6 Å². The van der Waals surface area contributed by atoms with Gasteiger partial charge in [-0.25, -0.2) is 0 Å². The predicted octanol–water partition coefficient (Wildman–Crippen LogP) is 3.63. The van der Waals surface area contributed by atoms with Gasteiger partial charge in [0, 0.05) is 44.9 Å². The summed E-state index contributed by atoms with van der Waals surface area (Å²) >= 11 is 0. The van der Waals surface area contributed by atoms with Crippen molar-refractivity contribution in [1.82, 2.24) is 10.2 Å². The molecule has 0 atom stereocenters. The summed E-state index contributed by atoms with van der Waals surface area (Å²) in [5.41, 5.74) is 3.13. The number of amides is 1. The van der Waals surface area contributed by atoms with E-state index in [1.54, 1.807) is 21.3 Å². The van der Waals surface area contributed by atoms with Crippen molar-refractivity contribution in [2.75, 3.05) is 33.1 Å². The molecule has 0 spiro atoms. The van der Waals surface area contributed by atoms with E-state index < -0.39 is 0 Å². The minimum absolute atomic E-state index is 0. The summed E-state index contributed by atoms with van der Waals surface area (Å²) in [7, 11) is 4.95. The smallest absolute Gasteiger partial charge is 0.222 e. The maximum absolute atomic E-state index is 11.8. The van der Waals surface area contributed by atoms with Crippen molar-refractivity contribution in [2.45, 2.75) is 25.9 Å². The summed E-state index contributed by atoms with van der Waals surface area (Å²) in [6, 6.07) is 13.9. The molecule has 3 rings (SSSR count). The molecule has 0 aromatic heterocycles. The molecule has 2 N–H and O–H groups in total. The van der Waals surface area contributed by atoms with Gasteiger partial charge in [-0.05, 0) is 29.7 Å². The lowest BCUT2D eigenvalue weighted by Gasteiger charge is -2.16. The number of ether oxygens (including phenoxy) is 2. The highest BCUT2D eigenvalue weighted by atomic mass is 127. The van der Waals surface area contributed by atoms with E-state index >= 15 is 0 Å². The van der Waals surface area contributed by atoms with Gasteiger partial charge in [-0.3, -0.25) is 9.79 Å². The van der Waals surface area contributed by atoms with E-state index in [-0.39, 0.29) is 29.9 Å². The Hall–Kier alpha value is -2.49. The number of aliphatic imine (C=N–C) groups is 1. The number of nitrogens with zero attached hydrogens (tertiary/aromatic N) is 2. The molecule has 1 aliphatic heterocycles. The number of anilines is 1. The van der Waals surface area contributed by atoms with E-state index in [0.717, 1.165) is 29.8 Å². The number of carbonyl (C=O) groups is 1. The van der Waals surface area contributed by atoms with Crippen LogP contribution in [-0.2, 0) is 17.9 Å². The molecule has 0 radical (unpaired) electrons. The van der Waals surface area contributed by atoms with Crippen molar-refractivity contribution in [3.8, 4) is 11.5 Å². The van der Waals surface area contributed by atoms with Crippen LogP contribution in [0.3, 0.4) is 0 Å². The van der Waals surface area contributed by atoms with Crippen LogP contribution in [0.2, 0.25) is 0 Å². The van der Waals surface area contributed by atoms with Crippen LogP contribution in [0, 0.1) is 0 Å². The van der Waals surface area contributed by atoms with E-state index in [2.05, 4.69) is 39.9 Å². The first-order valence-electron chi connectivity index (χ1n) is 9.68. The maximum atomic E-state index is 11.8. The number of methoxy groups -OCH3 is 2. The SMILES string of the molecule is CN=C(NCc1ccc(CN2CCCC2=O)cc1)Nc1ccc(OC)c(OC)c1.I. The summed E-state index contributed by atoms with van der Waals surface area (Å²) in [5, 5.41) is 6.55. The van der Waals surface area contributed by atoms with Gasteiger partial charge in [0.1, 0.15) is 0 Å². The highest BCUT2D eigenvalue weighted by Gasteiger charge is 2.19. The molecule has 0 unspecified atom stereocenters. The Kier molecular flexibility index (Phi) is 9.22. The van der Waals surface area contributed by atoms with Gasteiger partial charge in [0.15, 0.2) is 17.5 Å². The molecule has 1 amide bonds. The second-order valence-electron chi connectivity index (χ2n) is 6.86. The fourth-order valence-corrected chi connectivity index (χ4v) is 3.27. The highest BCUT2D eigenvalue weighted by molar-refractivity contribution is 14.0. The van der Waals surface area contributed by atoms with Gasteiger partial charge in [0.25, 0.3) is 0 Å². The lowest BCUT2D eigenvalue weighted by Crippen LogP contribution is -2.30. The van der Waals surface area contributed by atoms with Crippen LogP contribution < -0.4 is 20.1 Å². The number of benzene rings is 2. The average molecular weight is 524 g/mol. The lowest BCUT2D eigenvalue weighted by molar-refractivity contribution is -0.128. The Labute approximate surface area is 194 Å². The minimum atomic E-state index is 0. The highest BCUT2D eigenvalue weighted by Crippen LogP contribution is 2.29. The van der Waals surface area contributed by atoms with Crippen LogP contribution >= 0.6 is 24.0 Å². The largest absolute Gasteiger partial charge is 0.493 e. The number of hydrogen-bond acceptors (Lipinski definition) is 4. The summed E-state index contributed by atoms with van der Waals surface area (Å²) in [4.78, 5) is 18.0. The number of rotatable bonds is 7. The third-order valence-electron chi connectivity index (χ3n) is 4.90. The number of likely N-dealkylation sites (tertiary alicyclic amines) is 1. The minimum Gasteiger partial charge on any atom is -0.493 e. The number of nitrogens with one attached hydrogen (secondary N) is 2. The molecule has 1 aliphatic rings. The van der Waals surface area contributed by atoms with Crippen LogP contribution in [0.4, 0.5) is 5.69 Å². The van der Waals surface area contributed by atoms with E-state index in [0.29, 0.717) is 37.0 Å². The Balaban J connectivity index is 0.00000320. The van der Waals surface area contributed by atoms with Gasteiger partial charge in [-0.15, -0.1) is 24.0 Å². The molecule has 1 saturated heterocycles. The zero-order chi connectivity index (χ0) is 20.6. The first-order valence-corrected chi connectivity index (χ1v) is 9.68. The van der Waals surface area contributed by atoms with Crippen molar-refractivity contribution in [3.63, 3.8) is 0 Å². The fourth-order valence-electron chi connectivity index (χ4n) is 3.27. The molecule has 162 valence electrons. The predicted molar refractivity (Wildman–Crippen MR) is 130 cm³/mol. The van der Waals surface area contributed by atoms with Crippen LogP contribution in [0.5, 0.6) is 11.5 Å². The van der Waals surface area contributed by atoms with Crippen molar-refractivity contribution in [1.29, 1.82) is 0 Å². The normalized spacial score (nSPS) is 13.6. The van der Waals surface area contributed by atoms with Gasteiger partial charge >= 0.3 is 0 Å². The van der Waals surface area contributed by atoms with Gasteiger partial charge in [-0.1, -0.05) is 24.3 Å². The van der Waals surface area contributed by atoms with Crippen molar-refractivity contribution >= 4 is 41.5 Å². The van der Waals surface area contributed by atoms with Crippen LogP contribution in [0.15, 0.2) is 47.5 Å². The number of halogens is 1. The molecule has 8 heteroatoms. The quantitative estimate of drug-likeness (QED) is 0.329. The molecule has 1 heterocycles. The molecule has 2 aromatic carbocycles. The third-order valence-corrected chi connectivity index (χ3v) is 4.90. The fraction of sp³-hybridized carbons (Fsp3) is 0.364. The molecular formula is C22H29IN4O3. The summed E-state index contributed by atoms with van der Waals surface area (Å²) in [5.74, 6) is 2.24. The summed E-state index contributed by atoms with van der Waals surface area (Å²) < 4.78 is 10.6. The zero-order valence-electron chi connectivity index (χ0n) is 17.6. The van der Waals surface area contributed by atoms with E-state index in [4.69, 9.17) is 9.47 Å². The average Bonchev–Trinajstić information content (AvgIpc) is 3.16. The van der Waals surface area contributed by atoms with Gasteiger partial charge in [0.2, 0.25) is 5.91 Å². The first-order chi connectivity index (χ1) is 14.1. The van der Waals surface area contributed by atoms with Crippen LogP contribution in [0.1, 0.15) is 24.0 Å². The van der Waals surface area contributed by atoms with Crippen LogP contribution in [0.25, 0.3) is 0 Å². The first kappa shape index (κ1) is 23.8. The van der Waals surface area contributed by atoms with Crippen molar-refractivity contribution in [3.05, 3.63) is 53.6 Å². The molecule has 0 saturated carbocycles. The number of hydrogen-bond donors (Lipinski definition) is 2. The molecule has 2 aromatic rings. The van der Waals surface area contributed by atoms with Gasteiger partial charge in [-0.2, -0.15) is 0 Å². The van der Waals surface area contributed by atoms with E-state index in [1.807, 2.05) is 23.1 Å². The summed E-state index contributed by atoms with van der Waals surface area (Å²) in [6.07, 6.45) is 1.64. The molecule has 0 aliphatic carbocycles. The molecule has 0 bridgehead atoms. The third kappa shape index (κ3) is 6.25. The van der Waals surface area contributed by atoms with Gasteiger partial charge in [0.05, 0.1) is 14.2 Å². The Morgan fingerprint density at radius 3 is 2.37 bits per heavy atom. The molecular weight excluding hydrogens is 495 g/mol. The van der Waals surface area contributed by atoms with E-state index in [1.165, 1.54) is 0 Å². The number of guanidine groups is 1. The lowest BCUT2D eigenvalue weighted by atomic mass is 10.1. The molecule has 30 heavy (non-hydrogen) atoms. The number of carbonyl (C=O) groups excluding carboxylic acids is 1. The Morgan fingerprint density at radius 1 is 1.07 bits per heavy atom. The molecule has 1 fully saturated rings. The van der Waals surface area contributed by atoms with Gasteiger partial charge < -0.3 is 25.0 Å².